The zero-order chi connectivity index (χ0) is 13.0. The minimum Gasteiger partial charge on any atom is -0.380 e. The Morgan fingerprint density at radius 1 is 1.42 bits per heavy atom. The molecule has 1 saturated heterocycles. The Kier molecular flexibility index (Phi) is 6.28. The Labute approximate surface area is 120 Å². The number of hydrogen-bond donors (Lipinski definition) is 1. The average molecular weight is 285 g/mol. The van der Waals surface area contributed by atoms with Gasteiger partial charge in [0.2, 0.25) is 5.91 Å². The van der Waals surface area contributed by atoms with Gasteiger partial charge in [0.05, 0.1) is 6.10 Å². The summed E-state index contributed by atoms with van der Waals surface area (Å²) in [5, 5.41) is 0. The van der Waals surface area contributed by atoms with Gasteiger partial charge in [0.15, 0.2) is 0 Å². The van der Waals surface area contributed by atoms with Crippen molar-refractivity contribution in [3.8, 4) is 0 Å². The SMILES string of the molecule is COC1CCCN(C(=O)C(N)c2ccccc2)C1.Cl. The molecule has 1 aliphatic heterocycles. The smallest absolute Gasteiger partial charge is 0.244 e. The quantitative estimate of drug-likeness (QED) is 0.920. The summed E-state index contributed by atoms with van der Waals surface area (Å²) in [6.45, 7) is 1.43. The molecule has 106 valence electrons. The van der Waals surface area contributed by atoms with Crippen LogP contribution in [0, 0.1) is 0 Å². The van der Waals surface area contributed by atoms with Crippen molar-refractivity contribution in [2.24, 2.45) is 5.73 Å². The van der Waals surface area contributed by atoms with Crippen LogP contribution in [0.25, 0.3) is 0 Å². The number of carbonyl (C=O) groups is 1. The number of halogens is 1. The number of nitrogens with zero attached hydrogens (tertiary/aromatic N) is 1. The highest BCUT2D eigenvalue weighted by atomic mass is 35.5. The first-order valence-corrected chi connectivity index (χ1v) is 6.34. The Morgan fingerprint density at radius 3 is 2.74 bits per heavy atom. The van der Waals surface area contributed by atoms with Gasteiger partial charge in [-0.1, -0.05) is 30.3 Å². The molecule has 1 aromatic rings. The number of carbonyl (C=O) groups excluding carboxylic acids is 1. The first-order valence-electron chi connectivity index (χ1n) is 6.34. The lowest BCUT2D eigenvalue weighted by atomic mass is 10.0. The van der Waals surface area contributed by atoms with E-state index >= 15 is 0 Å². The maximum Gasteiger partial charge on any atom is 0.244 e. The van der Waals surface area contributed by atoms with E-state index in [0.717, 1.165) is 24.9 Å². The summed E-state index contributed by atoms with van der Waals surface area (Å²) in [6.07, 6.45) is 2.14. The van der Waals surface area contributed by atoms with E-state index < -0.39 is 6.04 Å². The van der Waals surface area contributed by atoms with Crippen LogP contribution in [0.3, 0.4) is 0 Å². The van der Waals surface area contributed by atoms with Crippen molar-refractivity contribution in [1.29, 1.82) is 0 Å². The number of methoxy groups -OCH3 is 1. The van der Waals surface area contributed by atoms with Crippen molar-refractivity contribution in [1.82, 2.24) is 4.90 Å². The van der Waals surface area contributed by atoms with Gasteiger partial charge in [-0.3, -0.25) is 4.79 Å². The third kappa shape index (κ3) is 3.93. The molecule has 0 aliphatic carbocycles. The summed E-state index contributed by atoms with van der Waals surface area (Å²) in [5.74, 6) is -0.0112. The fraction of sp³-hybridized carbons (Fsp3) is 0.500. The first kappa shape index (κ1) is 16.0. The van der Waals surface area contributed by atoms with Crippen molar-refractivity contribution < 1.29 is 9.53 Å². The lowest BCUT2D eigenvalue weighted by molar-refractivity contribution is -0.136. The molecule has 5 heteroatoms. The number of hydrogen-bond acceptors (Lipinski definition) is 3. The van der Waals surface area contributed by atoms with Crippen LogP contribution in [0.5, 0.6) is 0 Å². The number of likely N-dealkylation sites (tertiary alicyclic amines) is 1. The van der Waals surface area contributed by atoms with Crippen molar-refractivity contribution >= 4 is 18.3 Å². The number of rotatable bonds is 3. The molecule has 0 saturated carbocycles. The highest BCUT2D eigenvalue weighted by molar-refractivity contribution is 5.85. The standard InChI is InChI=1S/C14H20N2O2.ClH/c1-18-12-8-5-9-16(10-12)14(17)13(15)11-6-3-2-4-7-11;/h2-4,6-7,12-13H,5,8-10,15H2,1H3;1H. The van der Waals surface area contributed by atoms with Gasteiger partial charge in [-0.2, -0.15) is 0 Å². The van der Waals surface area contributed by atoms with E-state index in [4.69, 9.17) is 10.5 Å². The zero-order valence-electron chi connectivity index (χ0n) is 11.1. The largest absolute Gasteiger partial charge is 0.380 e. The normalized spacial score (nSPS) is 20.5. The molecule has 2 rings (SSSR count). The maximum absolute atomic E-state index is 12.3. The minimum absolute atomic E-state index is 0. The van der Waals surface area contributed by atoms with Crippen LogP contribution in [0.1, 0.15) is 24.4 Å². The monoisotopic (exact) mass is 284 g/mol. The Hall–Kier alpha value is -1.10. The Bertz CT molecular complexity index is 400. The average Bonchev–Trinajstić information content (AvgIpc) is 2.46. The van der Waals surface area contributed by atoms with Gasteiger partial charge in [-0.15, -0.1) is 12.4 Å². The Balaban J connectivity index is 0.00000180. The summed E-state index contributed by atoms with van der Waals surface area (Å²) in [6, 6.07) is 8.93. The van der Waals surface area contributed by atoms with E-state index in [1.54, 1.807) is 7.11 Å². The molecule has 1 amide bonds. The van der Waals surface area contributed by atoms with Gasteiger partial charge in [-0.05, 0) is 18.4 Å². The molecule has 0 bridgehead atoms. The van der Waals surface area contributed by atoms with Crippen LogP contribution in [-0.2, 0) is 9.53 Å². The van der Waals surface area contributed by atoms with Gasteiger partial charge < -0.3 is 15.4 Å². The van der Waals surface area contributed by atoms with E-state index in [1.807, 2.05) is 35.2 Å². The van der Waals surface area contributed by atoms with Gasteiger partial charge >= 0.3 is 0 Å². The van der Waals surface area contributed by atoms with Crippen LogP contribution in [0.15, 0.2) is 30.3 Å². The summed E-state index contributed by atoms with van der Waals surface area (Å²) >= 11 is 0. The molecule has 2 N–H and O–H groups in total. The van der Waals surface area contributed by atoms with Gasteiger partial charge in [-0.25, -0.2) is 0 Å². The predicted octanol–water partition coefficient (Wildman–Crippen LogP) is 1.75. The van der Waals surface area contributed by atoms with E-state index in [1.165, 1.54) is 0 Å². The van der Waals surface area contributed by atoms with Crippen LogP contribution in [0.4, 0.5) is 0 Å². The molecule has 0 radical (unpaired) electrons. The van der Waals surface area contributed by atoms with Crippen LogP contribution < -0.4 is 5.73 Å². The van der Waals surface area contributed by atoms with Crippen LogP contribution >= 0.6 is 12.4 Å². The summed E-state index contributed by atoms with van der Waals surface area (Å²) < 4.78 is 5.32. The molecule has 1 heterocycles. The lowest BCUT2D eigenvalue weighted by Crippen LogP contribution is -2.46. The number of ether oxygens (including phenoxy) is 1. The maximum atomic E-state index is 12.3. The summed E-state index contributed by atoms with van der Waals surface area (Å²) in [5.41, 5.74) is 6.89. The van der Waals surface area contributed by atoms with Crippen LogP contribution in [0.2, 0.25) is 0 Å². The molecular weight excluding hydrogens is 264 g/mol. The van der Waals surface area contributed by atoms with Crippen molar-refractivity contribution in [3.05, 3.63) is 35.9 Å². The third-order valence-electron chi connectivity index (χ3n) is 3.45. The number of amides is 1. The molecule has 4 nitrogen and oxygen atoms in total. The van der Waals surface area contributed by atoms with Gasteiger partial charge in [0.25, 0.3) is 0 Å². The molecule has 0 aromatic heterocycles. The van der Waals surface area contributed by atoms with Gasteiger partial charge in [0.1, 0.15) is 6.04 Å². The molecule has 2 unspecified atom stereocenters. The molecule has 19 heavy (non-hydrogen) atoms. The molecule has 1 aromatic carbocycles. The fourth-order valence-electron chi connectivity index (χ4n) is 2.33. The number of nitrogens with two attached hydrogens (primary N) is 1. The van der Waals surface area contributed by atoms with Crippen molar-refractivity contribution in [2.75, 3.05) is 20.2 Å². The zero-order valence-corrected chi connectivity index (χ0v) is 11.9. The number of piperidine rings is 1. The first-order chi connectivity index (χ1) is 8.72. The Morgan fingerprint density at radius 2 is 2.11 bits per heavy atom. The van der Waals surface area contributed by atoms with E-state index in [0.29, 0.717) is 6.54 Å². The second-order valence-corrected chi connectivity index (χ2v) is 4.67. The second-order valence-electron chi connectivity index (χ2n) is 4.67. The van der Waals surface area contributed by atoms with E-state index in [2.05, 4.69) is 0 Å². The topological polar surface area (TPSA) is 55.6 Å². The minimum atomic E-state index is -0.568. The van der Waals surface area contributed by atoms with E-state index in [9.17, 15) is 4.79 Å². The predicted molar refractivity (Wildman–Crippen MR) is 77.2 cm³/mol. The van der Waals surface area contributed by atoms with Gasteiger partial charge in [0, 0.05) is 20.2 Å². The van der Waals surface area contributed by atoms with E-state index in [-0.39, 0.29) is 24.4 Å². The summed E-state index contributed by atoms with van der Waals surface area (Å²) in [4.78, 5) is 14.1. The molecule has 2 atom stereocenters. The van der Waals surface area contributed by atoms with Crippen LogP contribution in [-0.4, -0.2) is 37.1 Å². The molecular formula is C14H21ClN2O2. The summed E-state index contributed by atoms with van der Waals surface area (Å²) in [7, 11) is 1.69. The highest BCUT2D eigenvalue weighted by Crippen LogP contribution is 2.18. The lowest BCUT2D eigenvalue weighted by Gasteiger charge is -2.33. The number of benzene rings is 1. The van der Waals surface area contributed by atoms with Crippen molar-refractivity contribution in [3.63, 3.8) is 0 Å². The molecule has 1 aliphatic rings. The second kappa shape index (κ2) is 7.48. The van der Waals surface area contributed by atoms with Crippen molar-refractivity contribution in [2.45, 2.75) is 25.0 Å². The molecule has 1 fully saturated rings. The fourth-order valence-corrected chi connectivity index (χ4v) is 2.33. The highest BCUT2D eigenvalue weighted by Gasteiger charge is 2.27. The molecule has 0 spiro atoms. The third-order valence-corrected chi connectivity index (χ3v) is 3.45.